The fourth-order valence-electron chi connectivity index (χ4n) is 0.900. The highest BCUT2D eigenvalue weighted by atomic mass is 16.2. The Hall–Kier alpha value is -1.50. The summed E-state index contributed by atoms with van der Waals surface area (Å²) in [5.74, 6) is 0. The summed E-state index contributed by atoms with van der Waals surface area (Å²) < 4.78 is 0. The van der Waals surface area contributed by atoms with Crippen LogP contribution in [0.1, 0.15) is 19.3 Å². The normalized spacial score (nSPS) is 15.7. The van der Waals surface area contributed by atoms with E-state index in [9.17, 15) is 9.59 Å². The van der Waals surface area contributed by atoms with Gasteiger partial charge in [0.05, 0.1) is 0 Å². The van der Waals surface area contributed by atoms with Crippen LogP contribution in [0.15, 0.2) is 10.2 Å². The molecule has 4 amide bonds. The van der Waals surface area contributed by atoms with E-state index in [0.29, 0.717) is 0 Å². The molecule has 0 aromatic heterocycles. The van der Waals surface area contributed by atoms with Gasteiger partial charge < -0.3 is 16.8 Å². The van der Waals surface area contributed by atoms with Crippen molar-refractivity contribution in [1.82, 2.24) is 5.32 Å². The van der Waals surface area contributed by atoms with Gasteiger partial charge in [0.25, 0.3) is 0 Å². The molecule has 0 aliphatic carbocycles. The zero-order valence-corrected chi connectivity index (χ0v) is 7.90. The summed E-state index contributed by atoms with van der Waals surface area (Å²) >= 11 is 0. The second kappa shape index (κ2) is 8.11. The molecule has 0 unspecified atom stereocenters. The lowest BCUT2D eigenvalue weighted by Gasteiger charge is -2.08. The molecule has 1 aliphatic rings. The fraction of sp³-hybridized carbons (Fsp3) is 0.714. The highest BCUT2D eigenvalue weighted by molar-refractivity contribution is 5.77. The van der Waals surface area contributed by atoms with E-state index in [0.717, 1.165) is 0 Å². The first-order chi connectivity index (χ1) is 6.63. The number of hydrogen-bond donors (Lipinski definition) is 3. The van der Waals surface area contributed by atoms with Gasteiger partial charge in [0.2, 0.25) is 0 Å². The van der Waals surface area contributed by atoms with Gasteiger partial charge in [-0.05, 0) is 25.9 Å². The first kappa shape index (κ1) is 12.5. The largest absolute Gasteiger partial charge is 0.357 e. The van der Waals surface area contributed by atoms with Crippen LogP contribution in [0.2, 0.25) is 0 Å². The summed E-state index contributed by atoms with van der Waals surface area (Å²) in [7, 11) is 0. The van der Waals surface area contributed by atoms with Gasteiger partial charge in [0.15, 0.2) is 0 Å². The van der Waals surface area contributed by atoms with E-state index < -0.39 is 12.1 Å². The van der Waals surface area contributed by atoms with E-state index in [1.807, 2.05) is 0 Å². The lowest BCUT2D eigenvalue weighted by Crippen LogP contribution is -2.21. The number of primary amides is 2. The van der Waals surface area contributed by atoms with Gasteiger partial charge in [-0.3, -0.25) is 0 Å². The third-order valence-corrected chi connectivity index (χ3v) is 1.45. The topological polar surface area (TPSA) is 123 Å². The van der Waals surface area contributed by atoms with Crippen molar-refractivity contribution in [2.24, 2.45) is 21.7 Å². The van der Waals surface area contributed by atoms with Gasteiger partial charge >= 0.3 is 12.1 Å². The van der Waals surface area contributed by atoms with Gasteiger partial charge in [-0.15, -0.1) is 0 Å². The molecule has 0 aromatic carbocycles. The van der Waals surface area contributed by atoms with E-state index in [4.69, 9.17) is 0 Å². The van der Waals surface area contributed by atoms with Crippen LogP contribution < -0.4 is 16.8 Å². The standard InChI is InChI=1S/C5H11N.C2H4N4O2/c1-2-4-6-5-3-1;3-1(7)5-6-2(4)8/h6H,1-5H2;(H2,3,7)(H2,4,8). The molecule has 0 saturated carbocycles. The maximum absolute atomic E-state index is 9.66. The van der Waals surface area contributed by atoms with Crippen LogP contribution in [0.4, 0.5) is 9.59 Å². The molecule has 5 N–H and O–H groups in total. The maximum Gasteiger partial charge on any atom is 0.357 e. The third kappa shape index (κ3) is 10.5. The molecular weight excluding hydrogens is 186 g/mol. The number of rotatable bonds is 0. The van der Waals surface area contributed by atoms with Crippen LogP contribution in [0.3, 0.4) is 0 Å². The van der Waals surface area contributed by atoms with Gasteiger partial charge in [-0.2, -0.15) is 0 Å². The van der Waals surface area contributed by atoms with Crippen molar-refractivity contribution in [1.29, 1.82) is 0 Å². The summed E-state index contributed by atoms with van der Waals surface area (Å²) in [6, 6.07) is -2.08. The number of amides is 4. The minimum absolute atomic E-state index is 1.04. The molecule has 14 heavy (non-hydrogen) atoms. The predicted octanol–water partition coefficient (Wildman–Crippen LogP) is 0.356. The quantitative estimate of drug-likeness (QED) is 0.490. The fourth-order valence-corrected chi connectivity index (χ4v) is 0.900. The monoisotopic (exact) mass is 201 g/mol. The summed E-state index contributed by atoms with van der Waals surface area (Å²) in [4.78, 5) is 19.3. The van der Waals surface area contributed by atoms with E-state index >= 15 is 0 Å². The van der Waals surface area contributed by atoms with E-state index in [-0.39, 0.29) is 0 Å². The minimum Gasteiger partial charge on any atom is -0.348 e. The van der Waals surface area contributed by atoms with Crippen molar-refractivity contribution in [3.05, 3.63) is 0 Å². The average molecular weight is 201 g/mol. The molecule has 0 bridgehead atoms. The summed E-state index contributed by atoms with van der Waals surface area (Å²) in [5.41, 5.74) is 8.87. The highest BCUT2D eigenvalue weighted by Crippen LogP contribution is 1.96. The summed E-state index contributed by atoms with van der Waals surface area (Å²) in [5, 5.41) is 8.51. The molecule has 7 nitrogen and oxygen atoms in total. The van der Waals surface area contributed by atoms with Crippen LogP contribution in [0, 0.1) is 0 Å². The zero-order valence-electron chi connectivity index (χ0n) is 7.90. The molecule has 1 rings (SSSR count). The average Bonchev–Trinajstić information content (AvgIpc) is 2.18. The Balaban J connectivity index is 0.000000249. The second-order valence-corrected chi connectivity index (χ2v) is 2.69. The first-order valence-electron chi connectivity index (χ1n) is 4.34. The third-order valence-electron chi connectivity index (χ3n) is 1.45. The molecule has 7 heteroatoms. The molecule has 1 saturated heterocycles. The molecule has 1 fully saturated rings. The number of carbonyl (C=O) groups excluding carboxylic acids is 2. The Morgan fingerprint density at radius 1 is 0.929 bits per heavy atom. The number of urea groups is 2. The van der Waals surface area contributed by atoms with Crippen LogP contribution in [-0.4, -0.2) is 25.2 Å². The summed E-state index contributed by atoms with van der Waals surface area (Å²) in [6.45, 7) is 2.50. The Morgan fingerprint density at radius 2 is 1.36 bits per heavy atom. The Labute approximate surface area is 81.9 Å². The Kier molecular flexibility index (Phi) is 7.24. The van der Waals surface area contributed by atoms with Gasteiger partial charge in [0, 0.05) is 0 Å². The molecule has 0 spiro atoms. The van der Waals surface area contributed by atoms with Crippen molar-refractivity contribution in [2.75, 3.05) is 13.1 Å². The lowest BCUT2D eigenvalue weighted by molar-refractivity contribution is 0.249. The van der Waals surface area contributed by atoms with E-state index in [1.165, 1.54) is 32.4 Å². The first-order valence-corrected chi connectivity index (χ1v) is 4.34. The number of azo groups is 1. The Morgan fingerprint density at radius 3 is 1.50 bits per heavy atom. The number of hydrogen-bond acceptors (Lipinski definition) is 3. The molecule has 0 atom stereocenters. The van der Waals surface area contributed by atoms with Crippen molar-refractivity contribution >= 4 is 12.1 Å². The molecule has 80 valence electrons. The van der Waals surface area contributed by atoms with Crippen LogP contribution in [-0.2, 0) is 0 Å². The van der Waals surface area contributed by atoms with E-state index in [2.05, 4.69) is 27.0 Å². The van der Waals surface area contributed by atoms with Crippen molar-refractivity contribution in [2.45, 2.75) is 19.3 Å². The van der Waals surface area contributed by atoms with Gasteiger partial charge in [0.1, 0.15) is 0 Å². The van der Waals surface area contributed by atoms with Crippen molar-refractivity contribution in [3.8, 4) is 0 Å². The van der Waals surface area contributed by atoms with Crippen LogP contribution >= 0.6 is 0 Å². The second-order valence-electron chi connectivity index (χ2n) is 2.69. The van der Waals surface area contributed by atoms with Gasteiger partial charge in [-0.25, -0.2) is 9.59 Å². The maximum atomic E-state index is 9.66. The molecule has 0 aromatic rings. The SMILES string of the molecule is C1CCNCC1.NC(=O)N=NC(N)=O. The molecular formula is C7H15N5O2. The number of nitrogens with one attached hydrogen (secondary N) is 1. The number of carbonyl (C=O) groups is 2. The highest BCUT2D eigenvalue weighted by Gasteiger charge is 1.93. The zero-order chi connectivity index (χ0) is 10.8. The number of nitrogens with two attached hydrogens (primary N) is 2. The van der Waals surface area contributed by atoms with Crippen LogP contribution in [0.25, 0.3) is 0 Å². The minimum atomic E-state index is -1.04. The molecule has 1 heterocycles. The van der Waals surface area contributed by atoms with Crippen LogP contribution in [0.5, 0.6) is 0 Å². The predicted molar refractivity (Wildman–Crippen MR) is 50.7 cm³/mol. The lowest BCUT2D eigenvalue weighted by atomic mass is 10.2. The van der Waals surface area contributed by atoms with Gasteiger partial charge in [-0.1, -0.05) is 16.6 Å². The molecule has 0 radical (unpaired) electrons. The summed E-state index contributed by atoms with van der Waals surface area (Å²) in [6.07, 6.45) is 4.22. The van der Waals surface area contributed by atoms with Crippen molar-refractivity contribution < 1.29 is 9.59 Å². The smallest absolute Gasteiger partial charge is 0.348 e. The number of nitrogens with zero attached hydrogens (tertiary/aromatic N) is 2. The molecule has 1 aliphatic heterocycles. The van der Waals surface area contributed by atoms with E-state index in [1.54, 1.807) is 0 Å². The van der Waals surface area contributed by atoms with Crippen molar-refractivity contribution in [3.63, 3.8) is 0 Å². The Bertz CT molecular complexity index is 185. The number of piperidine rings is 1.